The summed E-state index contributed by atoms with van der Waals surface area (Å²) in [6, 6.07) is 3.99. The second-order valence-corrected chi connectivity index (χ2v) is 3.18. The molecular formula is C11H10F2NO3. The lowest BCUT2D eigenvalue weighted by atomic mass is 9.99. The molecule has 0 amide bonds. The third-order valence-electron chi connectivity index (χ3n) is 2.13. The van der Waals surface area contributed by atoms with Gasteiger partial charge in [-0.15, -0.1) is 6.58 Å². The summed E-state index contributed by atoms with van der Waals surface area (Å²) in [6.45, 7) is 1.97. The van der Waals surface area contributed by atoms with E-state index in [0.29, 0.717) is 5.92 Å². The molecule has 0 saturated heterocycles. The fraction of sp³-hybridized carbons (Fsp3) is 0.182. The number of benzene rings is 1. The third kappa shape index (κ3) is 2.99. The second-order valence-electron chi connectivity index (χ2n) is 3.18. The first-order valence-electron chi connectivity index (χ1n) is 4.66. The molecule has 1 aromatic rings. The highest BCUT2D eigenvalue weighted by Gasteiger charge is 2.25. The summed E-state index contributed by atoms with van der Waals surface area (Å²) < 4.78 is 28.3. The van der Waals surface area contributed by atoms with Gasteiger partial charge < -0.3 is 4.74 Å². The van der Waals surface area contributed by atoms with Crippen molar-refractivity contribution in [1.82, 2.24) is 0 Å². The van der Waals surface area contributed by atoms with Gasteiger partial charge in [-0.2, -0.15) is 8.78 Å². The lowest BCUT2D eigenvalue weighted by Crippen LogP contribution is -2.07. The van der Waals surface area contributed by atoms with E-state index in [0.717, 1.165) is 6.07 Å². The van der Waals surface area contributed by atoms with Crippen LogP contribution in [-0.2, 0) is 0 Å². The van der Waals surface area contributed by atoms with E-state index in [1.54, 1.807) is 6.92 Å². The lowest BCUT2D eigenvalue weighted by Gasteiger charge is -2.10. The van der Waals surface area contributed by atoms with Crippen molar-refractivity contribution in [3.05, 3.63) is 52.4 Å². The van der Waals surface area contributed by atoms with Gasteiger partial charge in [0.15, 0.2) is 0 Å². The number of nitro benzene ring substituents is 1. The largest absolute Gasteiger partial charge is 0.427 e. The molecule has 1 rings (SSSR count). The quantitative estimate of drug-likeness (QED) is 0.587. The van der Waals surface area contributed by atoms with E-state index in [4.69, 9.17) is 0 Å². The van der Waals surface area contributed by atoms with Gasteiger partial charge >= 0.3 is 12.3 Å². The van der Waals surface area contributed by atoms with E-state index in [1.165, 1.54) is 18.2 Å². The van der Waals surface area contributed by atoms with E-state index in [-0.39, 0.29) is 5.56 Å². The molecule has 0 aliphatic heterocycles. The topological polar surface area (TPSA) is 52.4 Å². The molecule has 1 aromatic carbocycles. The molecule has 0 N–H and O–H groups in total. The number of nitro groups is 1. The summed E-state index contributed by atoms with van der Waals surface area (Å²) in [4.78, 5) is 10.1. The first-order chi connectivity index (χ1) is 7.97. The van der Waals surface area contributed by atoms with Crippen LogP contribution < -0.4 is 4.74 Å². The minimum absolute atomic E-state index is 0.211. The summed E-state index contributed by atoms with van der Waals surface area (Å²) >= 11 is 0. The number of alkyl halides is 2. The van der Waals surface area contributed by atoms with Crippen LogP contribution in [0.1, 0.15) is 12.5 Å². The van der Waals surface area contributed by atoms with Crippen molar-refractivity contribution in [2.45, 2.75) is 13.5 Å². The van der Waals surface area contributed by atoms with Crippen molar-refractivity contribution < 1.29 is 18.4 Å². The molecule has 0 unspecified atom stereocenters. The van der Waals surface area contributed by atoms with E-state index < -0.39 is 23.0 Å². The summed E-state index contributed by atoms with van der Waals surface area (Å²) in [5, 5.41) is 10.9. The van der Waals surface area contributed by atoms with Crippen LogP contribution in [0.5, 0.6) is 5.75 Å². The first kappa shape index (κ1) is 13.1. The highest BCUT2D eigenvalue weighted by Crippen LogP contribution is 2.35. The zero-order valence-corrected chi connectivity index (χ0v) is 9.02. The summed E-state index contributed by atoms with van der Waals surface area (Å²) in [6.07, 6.45) is 1.41. The van der Waals surface area contributed by atoms with Gasteiger partial charge in [0.1, 0.15) is 0 Å². The zero-order chi connectivity index (χ0) is 13.0. The zero-order valence-electron chi connectivity index (χ0n) is 9.02. The number of halogens is 2. The van der Waals surface area contributed by atoms with Crippen LogP contribution in [0.25, 0.3) is 0 Å². The molecule has 0 aliphatic carbocycles. The Labute approximate surface area is 96.7 Å². The van der Waals surface area contributed by atoms with Crippen LogP contribution in [0.15, 0.2) is 30.9 Å². The maximum absolute atomic E-state index is 12.1. The van der Waals surface area contributed by atoms with Crippen LogP contribution >= 0.6 is 0 Å². The molecule has 17 heavy (non-hydrogen) atoms. The predicted molar refractivity (Wildman–Crippen MR) is 57.9 cm³/mol. The SMILES string of the molecule is C=C[C](C)c1cccc(OC(F)F)c1[N+](=O)[O-]. The number of hydrogen-bond acceptors (Lipinski definition) is 3. The maximum atomic E-state index is 12.1. The molecular weight excluding hydrogens is 232 g/mol. The maximum Gasteiger partial charge on any atom is 0.387 e. The second kappa shape index (κ2) is 5.38. The van der Waals surface area contributed by atoms with Crippen molar-refractivity contribution in [1.29, 1.82) is 0 Å². The Bertz CT molecular complexity index is 435. The average molecular weight is 242 g/mol. The van der Waals surface area contributed by atoms with Gasteiger partial charge in [0.25, 0.3) is 0 Å². The van der Waals surface area contributed by atoms with Crippen molar-refractivity contribution >= 4 is 5.69 Å². The van der Waals surface area contributed by atoms with E-state index in [9.17, 15) is 18.9 Å². The molecule has 91 valence electrons. The smallest absolute Gasteiger partial charge is 0.387 e. The molecule has 0 heterocycles. The molecule has 0 atom stereocenters. The summed E-state index contributed by atoms with van der Waals surface area (Å²) in [5.74, 6) is 0.0557. The number of nitrogens with zero attached hydrogens (tertiary/aromatic N) is 1. The van der Waals surface area contributed by atoms with E-state index in [1.807, 2.05) is 0 Å². The predicted octanol–water partition coefficient (Wildman–Crippen LogP) is 3.32. The van der Waals surface area contributed by atoms with Crippen LogP contribution in [0.3, 0.4) is 0 Å². The fourth-order valence-electron chi connectivity index (χ4n) is 1.33. The van der Waals surface area contributed by atoms with Crippen molar-refractivity contribution in [3.8, 4) is 5.75 Å². The standard InChI is InChI=1S/C11H10F2NO3/c1-3-7(2)8-5-4-6-9(17-11(12)13)10(8)14(15)16/h3-6,11H,1H2,2H3. The van der Waals surface area contributed by atoms with Gasteiger partial charge in [-0.3, -0.25) is 10.1 Å². The molecule has 0 aromatic heterocycles. The molecule has 0 aliphatic rings. The average Bonchev–Trinajstić information content (AvgIpc) is 2.26. The number of allylic oxidation sites excluding steroid dienone is 1. The first-order valence-corrected chi connectivity index (χ1v) is 4.66. The monoisotopic (exact) mass is 242 g/mol. The van der Waals surface area contributed by atoms with Crippen LogP contribution in [0.4, 0.5) is 14.5 Å². The van der Waals surface area contributed by atoms with E-state index in [2.05, 4.69) is 11.3 Å². The third-order valence-corrected chi connectivity index (χ3v) is 2.13. The molecule has 0 fully saturated rings. The van der Waals surface area contributed by atoms with Crippen LogP contribution in [0, 0.1) is 16.0 Å². The van der Waals surface area contributed by atoms with Crippen molar-refractivity contribution in [2.75, 3.05) is 0 Å². The Balaban J connectivity index is 3.31. The van der Waals surface area contributed by atoms with Gasteiger partial charge in [0, 0.05) is 11.5 Å². The van der Waals surface area contributed by atoms with Gasteiger partial charge in [0.2, 0.25) is 5.75 Å². The van der Waals surface area contributed by atoms with Gasteiger partial charge in [-0.05, 0) is 6.07 Å². The Morgan fingerprint density at radius 3 is 2.71 bits per heavy atom. The molecule has 0 bridgehead atoms. The molecule has 0 spiro atoms. The normalized spacial score (nSPS) is 10.6. The Kier molecular flexibility index (Phi) is 4.14. The number of para-hydroxylation sites is 1. The molecule has 1 radical (unpaired) electrons. The molecule has 6 heteroatoms. The highest BCUT2D eigenvalue weighted by molar-refractivity contribution is 5.59. The van der Waals surface area contributed by atoms with Crippen LogP contribution in [0.2, 0.25) is 0 Å². The van der Waals surface area contributed by atoms with Gasteiger partial charge in [-0.25, -0.2) is 0 Å². The number of ether oxygens (including phenoxy) is 1. The highest BCUT2D eigenvalue weighted by atomic mass is 19.3. The fourth-order valence-corrected chi connectivity index (χ4v) is 1.33. The Morgan fingerprint density at radius 1 is 1.59 bits per heavy atom. The van der Waals surface area contributed by atoms with Gasteiger partial charge in [0.05, 0.1) is 4.92 Å². The molecule has 4 nitrogen and oxygen atoms in total. The number of hydrogen-bond donors (Lipinski definition) is 0. The minimum Gasteiger partial charge on any atom is -0.427 e. The van der Waals surface area contributed by atoms with Crippen molar-refractivity contribution in [3.63, 3.8) is 0 Å². The summed E-state index contributed by atoms with van der Waals surface area (Å²) in [5.41, 5.74) is -0.270. The Morgan fingerprint density at radius 2 is 2.24 bits per heavy atom. The van der Waals surface area contributed by atoms with Crippen molar-refractivity contribution in [2.24, 2.45) is 0 Å². The lowest BCUT2D eigenvalue weighted by molar-refractivity contribution is -0.387. The summed E-state index contributed by atoms with van der Waals surface area (Å²) in [7, 11) is 0. The number of rotatable bonds is 5. The van der Waals surface area contributed by atoms with Gasteiger partial charge in [-0.1, -0.05) is 25.1 Å². The minimum atomic E-state index is -3.10. The van der Waals surface area contributed by atoms with Crippen LogP contribution in [-0.4, -0.2) is 11.5 Å². The van der Waals surface area contributed by atoms with E-state index >= 15 is 0 Å². The Hall–Kier alpha value is -1.98. The molecule has 0 saturated carbocycles.